The molecule has 3 heteroatoms. The van der Waals surface area contributed by atoms with Gasteiger partial charge in [-0.1, -0.05) is 103 Å². The summed E-state index contributed by atoms with van der Waals surface area (Å²) in [4.78, 5) is 2.38. The predicted octanol–water partition coefficient (Wildman–Crippen LogP) is 13.9. The van der Waals surface area contributed by atoms with E-state index >= 15 is 0 Å². The van der Waals surface area contributed by atoms with Crippen molar-refractivity contribution in [2.45, 2.75) is 0 Å². The number of anilines is 3. The summed E-state index contributed by atoms with van der Waals surface area (Å²) in [7, 11) is 0. The molecule has 0 fully saturated rings. The van der Waals surface area contributed by atoms with Crippen LogP contribution in [0.5, 0.6) is 0 Å². The lowest BCUT2D eigenvalue weighted by Crippen LogP contribution is -2.09. The average Bonchev–Trinajstić information content (AvgIpc) is 3.69. The van der Waals surface area contributed by atoms with E-state index < -0.39 is 0 Å². The minimum atomic E-state index is 1.14. The number of fused-ring (bicyclic) bond motifs is 9. The Morgan fingerprint density at radius 3 is 1.89 bits per heavy atom. The highest BCUT2D eigenvalue weighted by Gasteiger charge is 2.18. The van der Waals surface area contributed by atoms with Gasteiger partial charge in [0.15, 0.2) is 0 Å². The van der Waals surface area contributed by atoms with Crippen molar-refractivity contribution in [2.24, 2.45) is 0 Å². The molecule has 1 nitrogen and oxygen atoms in total. The van der Waals surface area contributed by atoms with Gasteiger partial charge in [0.1, 0.15) is 0 Å². The molecule has 0 spiro atoms. The summed E-state index contributed by atoms with van der Waals surface area (Å²) in [5, 5.41) is 10.5. The van der Waals surface area contributed by atoms with E-state index in [9.17, 15) is 0 Å². The highest BCUT2D eigenvalue weighted by Crippen LogP contribution is 2.47. The molecule has 0 aliphatic heterocycles. The molecule has 2 heterocycles. The number of rotatable bonds is 4. The Morgan fingerprint density at radius 1 is 0.362 bits per heavy atom. The van der Waals surface area contributed by atoms with Crippen LogP contribution >= 0.6 is 22.7 Å². The molecule has 0 N–H and O–H groups in total. The van der Waals surface area contributed by atoms with Crippen molar-refractivity contribution >= 4 is 102 Å². The van der Waals surface area contributed by atoms with Gasteiger partial charge in [-0.3, -0.25) is 0 Å². The molecule has 10 aromatic rings. The van der Waals surface area contributed by atoms with Crippen LogP contribution in [-0.2, 0) is 0 Å². The number of hydrogen-bond acceptors (Lipinski definition) is 3. The minimum absolute atomic E-state index is 1.14. The molecule has 0 amide bonds. The highest BCUT2D eigenvalue weighted by atomic mass is 32.1. The predicted molar refractivity (Wildman–Crippen MR) is 207 cm³/mol. The summed E-state index contributed by atoms with van der Waals surface area (Å²) >= 11 is 3.82. The van der Waals surface area contributed by atoms with Gasteiger partial charge in [0, 0.05) is 57.4 Å². The second kappa shape index (κ2) is 10.5. The summed E-state index contributed by atoms with van der Waals surface area (Å²) < 4.78 is 5.38. The maximum absolute atomic E-state index is 2.40. The van der Waals surface area contributed by atoms with Gasteiger partial charge in [-0.05, 0) is 93.3 Å². The van der Waals surface area contributed by atoms with Gasteiger partial charge in [-0.25, -0.2) is 0 Å². The molecule has 0 saturated heterocycles. The van der Waals surface area contributed by atoms with Crippen LogP contribution in [-0.4, -0.2) is 0 Å². The Morgan fingerprint density at radius 2 is 1.04 bits per heavy atom. The smallest absolute Gasteiger partial charge is 0.0468 e. The Kier molecular flexibility index (Phi) is 5.98. The Bertz CT molecular complexity index is 2780. The van der Waals surface area contributed by atoms with Crippen molar-refractivity contribution in [3.8, 4) is 11.1 Å². The molecule has 220 valence electrons. The fourth-order valence-corrected chi connectivity index (χ4v) is 9.65. The van der Waals surface area contributed by atoms with Gasteiger partial charge in [-0.2, -0.15) is 0 Å². The van der Waals surface area contributed by atoms with Gasteiger partial charge in [-0.15, -0.1) is 22.7 Å². The van der Waals surface area contributed by atoms with Gasteiger partial charge >= 0.3 is 0 Å². The number of nitrogens with zero attached hydrogens (tertiary/aromatic N) is 1. The SMILES string of the molecule is c1ccc(N(c2ccc(-c3cccc4ccccc34)cc2)c2ccc3sc4ccc5c6cc7ccccc7cc6sc5c4c3c2)cc1. The maximum Gasteiger partial charge on any atom is 0.0468 e. The van der Waals surface area contributed by atoms with Gasteiger partial charge in [0.2, 0.25) is 0 Å². The van der Waals surface area contributed by atoms with Gasteiger partial charge in [0.25, 0.3) is 0 Å². The first-order valence-corrected chi connectivity index (χ1v) is 17.6. The Labute approximate surface area is 280 Å². The average molecular weight is 634 g/mol. The lowest BCUT2D eigenvalue weighted by molar-refractivity contribution is 1.29. The summed E-state index contributed by atoms with van der Waals surface area (Å²) in [6.45, 7) is 0. The van der Waals surface area contributed by atoms with E-state index in [-0.39, 0.29) is 0 Å². The molecule has 0 aliphatic rings. The van der Waals surface area contributed by atoms with Crippen molar-refractivity contribution < 1.29 is 0 Å². The molecule has 8 aromatic carbocycles. The van der Waals surface area contributed by atoms with Crippen molar-refractivity contribution in [3.63, 3.8) is 0 Å². The molecule has 10 rings (SSSR count). The first-order chi connectivity index (χ1) is 23.3. The molecule has 47 heavy (non-hydrogen) atoms. The third kappa shape index (κ3) is 4.28. The van der Waals surface area contributed by atoms with Crippen LogP contribution in [0.3, 0.4) is 0 Å². The van der Waals surface area contributed by atoms with Crippen LogP contribution in [0.4, 0.5) is 17.1 Å². The first kappa shape index (κ1) is 26.7. The van der Waals surface area contributed by atoms with E-state index in [0.717, 1.165) is 17.1 Å². The van der Waals surface area contributed by atoms with Crippen LogP contribution in [0.2, 0.25) is 0 Å². The topological polar surface area (TPSA) is 3.24 Å². The van der Waals surface area contributed by atoms with Gasteiger partial charge in [0.05, 0.1) is 0 Å². The van der Waals surface area contributed by atoms with Crippen molar-refractivity contribution in [3.05, 3.63) is 164 Å². The van der Waals surface area contributed by atoms with E-state index in [1.165, 1.54) is 73.0 Å². The third-order valence-corrected chi connectivity index (χ3v) is 11.7. The number of hydrogen-bond donors (Lipinski definition) is 0. The Balaban J connectivity index is 1.15. The van der Waals surface area contributed by atoms with Crippen LogP contribution in [0.15, 0.2) is 164 Å². The lowest BCUT2D eigenvalue weighted by atomic mass is 9.98. The first-order valence-electron chi connectivity index (χ1n) is 15.9. The summed E-state index contributed by atoms with van der Waals surface area (Å²) in [5.41, 5.74) is 5.91. The molecular weight excluding hydrogens is 607 g/mol. The summed E-state index contributed by atoms with van der Waals surface area (Å²) in [6.07, 6.45) is 0. The quantitative estimate of drug-likeness (QED) is 0.186. The minimum Gasteiger partial charge on any atom is -0.310 e. The number of para-hydroxylation sites is 1. The molecule has 0 unspecified atom stereocenters. The summed E-state index contributed by atoms with van der Waals surface area (Å²) in [5.74, 6) is 0. The fraction of sp³-hybridized carbons (Fsp3) is 0. The lowest BCUT2D eigenvalue weighted by Gasteiger charge is -2.26. The van der Waals surface area contributed by atoms with E-state index in [4.69, 9.17) is 0 Å². The standard InChI is InChI=1S/C44H27NS2/c1-2-13-32(14-3-1)45(33-19-17-29(18-20-33)36-16-8-12-28-9-6-7-15-35(28)36)34-21-23-40-39(27-34)43-41(46-40)24-22-37-38-25-30-10-4-5-11-31(30)26-42(38)47-44(37)43/h1-27H. The van der Waals surface area contributed by atoms with Crippen molar-refractivity contribution in [1.29, 1.82) is 0 Å². The van der Waals surface area contributed by atoms with E-state index in [1.54, 1.807) is 0 Å². The third-order valence-electron chi connectivity index (χ3n) is 9.42. The second-order valence-electron chi connectivity index (χ2n) is 12.1. The van der Waals surface area contributed by atoms with Crippen LogP contribution in [0, 0.1) is 0 Å². The molecular formula is C44H27NS2. The normalized spacial score (nSPS) is 11.8. The molecule has 0 bridgehead atoms. The van der Waals surface area contributed by atoms with Crippen LogP contribution < -0.4 is 4.90 Å². The molecule has 2 aromatic heterocycles. The Hall–Kier alpha value is -5.48. The van der Waals surface area contributed by atoms with E-state index in [0.29, 0.717) is 0 Å². The maximum atomic E-state index is 2.40. The van der Waals surface area contributed by atoms with E-state index in [2.05, 4.69) is 169 Å². The van der Waals surface area contributed by atoms with Crippen LogP contribution in [0.1, 0.15) is 0 Å². The fourth-order valence-electron chi connectivity index (χ4n) is 7.20. The second-order valence-corrected chi connectivity index (χ2v) is 14.3. The molecule has 0 radical (unpaired) electrons. The highest BCUT2D eigenvalue weighted by molar-refractivity contribution is 7.29. The zero-order valence-corrected chi connectivity index (χ0v) is 27.0. The number of thiophene rings is 2. The summed E-state index contributed by atoms with van der Waals surface area (Å²) in [6, 6.07) is 60.0. The van der Waals surface area contributed by atoms with Gasteiger partial charge < -0.3 is 4.90 Å². The zero-order valence-electron chi connectivity index (χ0n) is 25.4. The molecule has 0 saturated carbocycles. The number of benzene rings is 8. The van der Waals surface area contributed by atoms with E-state index in [1.807, 2.05) is 22.7 Å². The molecule has 0 aliphatic carbocycles. The van der Waals surface area contributed by atoms with Crippen LogP contribution in [0.25, 0.3) is 73.0 Å². The monoisotopic (exact) mass is 633 g/mol. The van der Waals surface area contributed by atoms with Crippen molar-refractivity contribution in [1.82, 2.24) is 0 Å². The zero-order chi connectivity index (χ0) is 30.9. The largest absolute Gasteiger partial charge is 0.310 e. The molecule has 0 atom stereocenters. The van der Waals surface area contributed by atoms with Crippen molar-refractivity contribution in [2.75, 3.05) is 4.90 Å².